The zero-order valence-electron chi connectivity index (χ0n) is 18.8. The minimum absolute atomic E-state index is 0.262. The Balaban J connectivity index is 1.36. The molecule has 3 aromatic carbocycles. The predicted octanol–water partition coefficient (Wildman–Crippen LogP) is 5.75. The molecule has 0 amide bonds. The summed E-state index contributed by atoms with van der Waals surface area (Å²) in [6.07, 6.45) is 1.78. The maximum Gasteiger partial charge on any atom is 0.201 e. The summed E-state index contributed by atoms with van der Waals surface area (Å²) in [7, 11) is 0. The molecule has 0 unspecified atom stereocenters. The molecule has 2 N–H and O–H groups in total. The normalized spacial score (nSPS) is 13.5. The largest absolute Gasteiger partial charge is 0.491 e. The molecule has 2 aromatic heterocycles. The molecule has 5 aromatic rings. The lowest BCUT2D eigenvalue weighted by atomic mass is 10.0. The zero-order valence-corrected chi connectivity index (χ0v) is 18.8. The van der Waals surface area contributed by atoms with Crippen molar-refractivity contribution in [1.29, 1.82) is 0 Å². The fourth-order valence-corrected chi connectivity index (χ4v) is 4.60. The van der Waals surface area contributed by atoms with Crippen LogP contribution < -0.4 is 15.0 Å². The molecule has 0 saturated heterocycles. The lowest BCUT2D eigenvalue weighted by Gasteiger charge is -2.23. The summed E-state index contributed by atoms with van der Waals surface area (Å²) in [5.74, 6) is 1.40. The number of nitrogens with zero attached hydrogens (tertiary/aromatic N) is 3. The molecule has 1 aliphatic rings. The molecule has 0 aliphatic carbocycles. The summed E-state index contributed by atoms with van der Waals surface area (Å²) in [6, 6.07) is 19.2. The van der Waals surface area contributed by atoms with Crippen LogP contribution in [0.3, 0.4) is 0 Å². The molecule has 170 valence electrons. The Bertz CT molecular complexity index is 1510. The first-order valence-electron chi connectivity index (χ1n) is 11.5. The van der Waals surface area contributed by atoms with E-state index in [1.54, 1.807) is 18.3 Å². The van der Waals surface area contributed by atoms with Crippen LogP contribution in [0.15, 0.2) is 66.9 Å². The van der Waals surface area contributed by atoms with Crippen molar-refractivity contribution < 1.29 is 9.13 Å². The number of aromatic amines is 1. The summed E-state index contributed by atoms with van der Waals surface area (Å²) < 4.78 is 20.1. The maximum absolute atomic E-state index is 14.0. The lowest BCUT2D eigenvalue weighted by Crippen LogP contribution is -2.25. The Kier molecular flexibility index (Phi) is 5.02. The smallest absolute Gasteiger partial charge is 0.201 e. The Morgan fingerprint density at radius 1 is 1.03 bits per heavy atom. The van der Waals surface area contributed by atoms with Crippen LogP contribution in [-0.2, 0) is 6.54 Å². The summed E-state index contributed by atoms with van der Waals surface area (Å²) in [6.45, 7) is 4.78. The van der Waals surface area contributed by atoms with Gasteiger partial charge in [-0.25, -0.2) is 9.37 Å². The van der Waals surface area contributed by atoms with E-state index in [1.807, 2.05) is 25.1 Å². The number of anilines is 2. The first-order valence-corrected chi connectivity index (χ1v) is 11.5. The molecular weight excluding hydrogens is 429 g/mol. The second-order valence-electron chi connectivity index (χ2n) is 8.43. The van der Waals surface area contributed by atoms with Gasteiger partial charge in [0.1, 0.15) is 18.2 Å². The highest BCUT2D eigenvalue weighted by Crippen LogP contribution is 2.34. The summed E-state index contributed by atoms with van der Waals surface area (Å²) in [4.78, 5) is 14.5. The molecule has 0 radical (unpaired) electrons. The number of hydrogen-bond donors (Lipinski definition) is 2. The van der Waals surface area contributed by atoms with E-state index in [9.17, 15) is 4.39 Å². The van der Waals surface area contributed by atoms with E-state index in [0.29, 0.717) is 19.7 Å². The van der Waals surface area contributed by atoms with Crippen LogP contribution in [0.1, 0.15) is 12.5 Å². The summed E-state index contributed by atoms with van der Waals surface area (Å²) >= 11 is 0. The number of nitrogens with one attached hydrogen (secondary N) is 2. The van der Waals surface area contributed by atoms with Crippen molar-refractivity contribution in [2.45, 2.75) is 13.5 Å². The average molecular weight is 454 g/mol. The van der Waals surface area contributed by atoms with Gasteiger partial charge in [0.15, 0.2) is 0 Å². The van der Waals surface area contributed by atoms with E-state index in [1.165, 1.54) is 6.07 Å². The molecule has 3 heterocycles. The predicted molar refractivity (Wildman–Crippen MR) is 134 cm³/mol. The average Bonchev–Trinajstić information content (AvgIpc) is 3.13. The Hall–Kier alpha value is -4.13. The molecule has 1 aliphatic heterocycles. The van der Waals surface area contributed by atoms with Crippen LogP contribution in [0, 0.1) is 5.82 Å². The van der Waals surface area contributed by atoms with Gasteiger partial charge in [-0.2, -0.15) is 0 Å². The molecule has 6 nitrogen and oxygen atoms in total. The van der Waals surface area contributed by atoms with E-state index in [2.05, 4.69) is 49.4 Å². The number of ether oxygens (including phenoxy) is 1. The molecular formula is C27H24FN5O. The van der Waals surface area contributed by atoms with Crippen molar-refractivity contribution in [1.82, 2.24) is 15.0 Å². The highest BCUT2D eigenvalue weighted by atomic mass is 19.1. The topological polar surface area (TPSA) is 66.1 Å². The highest BCUT2D eigenvalue weighted by molar-refractivity contribution is 5.91. The van der Waals surface area contributed by atoms with Crippen molar-refractivity contribution in [2.75, 3.05) is 29.9 Å². The van der Waals surface area contributed by atoms with Gasteiger partial charge in [0.05, 0.1) is 23.1 Å². The molecule has 0 spiro atoms. The number of benzene rings is 3. The molecule has 0 fully saturated rings. The van der Waals surface area contributed by atoms with E-state index < -0.39 is 0 Å². The van der Waals surface area contributed by atoms with Crippen molar-refractivity contribution in [3.8, 4) is 16.9 Å². The number of rotatable bonds is 4. The minimum Gasteiger partial charge on any atom is -0.491 e. The maximum atomic E-state index is 14.0. The van der Waals surface area contributed by atoms with Crippen LogP contribution in [0.25, 0.3) is 33.1 Å². The number of fused-ring (bicyclic) bond motifs is 3. The molecule has 6 rings (SSSR count). The Morgan fingerprint density at radius 3 is 2.79 bits per heavy atom. The van der Waals surface area contributed by atoms with Gasteiger partial charge < -0.3 is 19.9 Å². The number of H-pyrrole nitrogens is 1. The standard InChI is InChI=1S/C27H24FN5O/c1-2-29-27-31-23-6-3-18(14-24(23)32-27)17-4-8-26-19(13-17)16-33(11-12-34-26)25-9-10-30-22-7-5-20(28)15-21(22)25/h3-10,13-15H,2,11-12,16H2,1H3,(H2,29,31,32). The van der Waals surface area contributed by atoms with Crippen LogP contribution in [0.2, 0.25) is 0 Å². The number of hydrogen-bond acceptors (Lipinski definition) is 5. The van der Waals surface area contributed by atoms with Crippen molar-refractivity contribution in [2.24, 2.45) is 0 Å². The third kappa shape index (κ3) is 3.69. The number of pyridine rings is 1. The molecule has 7 heteroatoms. The van der Waals surface area contributed by atoms with Gasteiger partial charge in [-0.05, 0) is 66.6 Å². The monoisotopic (exact) mass is 453 g/mol. The number of halogens is 1. The third-order valence-corrected chi connectivity index (χ3v) is 6.22. The highest BCUT2D eigenvalue weighted by Gasteiger charge is 2.19. The van der Waals surface area contributed by atoms with Crippen molar-refractivity contribution in [3.05, 3.63) is 78.2 Å². The molecule has 0 atom stereocenters. The van der Waals surface area contributed by atoms with Gasteiger partial charge in [0, 0.05) is 35.9 Å². The molecule has 0 bridgehead atoms. The van der Waals surface area contributed by atoms with E-state index in [0.717, 1.165) is 62.6 Å². The van der Waals surface area contributed by atoms with E-state index in [-0.39, 0.29) is 5.82 Å². The fourth-order valence-electron chi connectivity index (χ4n) is 4.60. The van der Waals surface area contributed by atoms with Crippen molar-refractivity contribution >= 4 is 33.6 Å². The van der Waals surface area contributed by atoms with Crippen LogP contribution in [-0.4, -0.2) is 34.6 Å². The summed E-state index contributed by atoms with van der Waals surface area (Å²) in [5, 5.41) is 4.03. The Labute approximate surface area is 196 Å². The van der Waals surface area contributed by atoms with Gasteiger partial charge in [-0.15, -0.1) is 0 Å². The number of aromatic nitrogens is 3. The first kappa shape index (κ1) is 20.5. The molecule has 0 saturated carbocycles. The van der Waals surface area contributed by atoms with Crippen molar-refractivity contribution in [3.63, 3.8) is 0 Å². The second kappa shape index (κ2) is 8.33. The van der Waals surface area contributed by atoms with Gasteiger partial charge >= 0.3 is 0 Å². The van der Waals surface area contributed by atoms with Gasteiger partial charge in [-0.1, -0.05) is 12.1 Å². The second-order valence-corrected chi connectivity index (χ2v) is 8.43. The fraction of sp³-hybridized carbons (Fsp3) is 0.185. The Morgan fingerprint density at radius 2 is 1.88 bits per heavy atom. The minimum atomic E-state index is -0.262. The quantitative estimate of drug-likeness (QED) is 0.363. The van der Waals surface area contributed by atoms with E-state index >= 15 is 0 Å². The molecule has 34 heavy (non-hydrogen) atoms. The first-order chi connectivity index (χ1) is 16.7. The van der Waals surface area contributed by atoms with Crippen LogP contribution in [0.5, 0.6) is 5.75 Å². The SMILES string of the molecule is CCNc1nc2ccc(-c3ccc4c(c3)CN(c3ccnc5ccc(F)cc35)CCO4)cc2[nH]1. The van der Waals surface area contributed by atoms with Gasteiger partial charge in [0.2, 0.25) is 5.95 Å². The van der Waals surface area contributed by atoms with E-state index in [4.69, 9.17) is 4.74 Å². The number of imidazole rings is 1. The zero-order chi connectivity index (χ0) is 23.1. The van der Waals surface area contributed by atoms with Crippen LogP contribution in [0.4, 0.5) is 16.0 Å². The third-order valence-electron chi connectivity index (χ3n) is 6.22. The lowest BCUT2D eigenvalue weighted by molar-refractivity contribution is 0.332. The van der Waals surface area contributed by atoms with Crippen LogP contribution >= 0.6 is 0 Å². The van der Waals surface area contributed by atoms with Gasteiger partial charge in [-0.3, -0.25) is 4.98 Å². The van der Waals surface area contributed by atoms with Gasteiger partial charge in [0.25, 0.3) is 0 Å². The summed E-state index contributed by atoms with van der Waals surface area (Å²) in [5.41, 5.74) is 6.97.